The summed E-state index contributed by atoms with van der Waals surface area (Å²) in [4.78, 5) is 38.3. The van der Waals surface area contributed by atoms with Crippen LogP contribution in [-0.2, 0) is 4.79 Å². The number of rotatable bonds is 4. The topological polar surface area (TPSA) is 66.5 Å². The van der Waals surface area contributed by atoms with Gasteiger partial charge in [-0.2, -0.15) is 0 Å². The summed E-state index contributed by atoms with van der Waals surface area (Å²) in [5.74, 6) is -0.748. The molecule has 0 bridgehead atoms. The molecule has 2 aliphatic rings. The van der Waals surface area contributed by atoms with Gasteiger partial charge in [0.05, 0.1) is 0 Å². The van der Waals surface area contributed by atoms with Gasteiger partial charge in [0, 0.05) is 35.5 Å². The number of imide groups is 1. The summed E-state index contributed by atoms with van der Waals surface area (Å²) in [5.41, 5.74) is 1.06. The van der Waals surface area contributed by atoms with Gasteiger partial charge in [-0.3, -0.25) is 19.3 Å². The standard InChI is InChI=1S/C18H16N2O3/c21-15(19-12-7-8-12)9-10-20-17(22)13-5-1-3-11-4-2-6-14(16(11)13)18(20)23/h1-6,12H,7-10H2,(H,19,21). The molecule has 1 fully saturated rings. The highest BCUT2D eigenvalue weighted by atomic mass is 16.2. The Hall–Kier alpha value is -2.69. The minimum atomic E-state index is -0.321. The van der Waals surface area contributed by atoms with E-state index in [-0.39, 0.29) is 36.7 Å². The number of carbonyl (C=O) groups is 3. The Kier molecular flexibility index (Phi) is 3.15. The highest BCUT2D eigenvalue weighted by Crippen LogP contribution is 2.30. The van der Waals surface area contributed by atoms with Gasteiger partial charge in [0.1, 0.15) is 0 Å². The molecule has 5 heteroatoms. The second-order valence-electron chi connectivity index (χ2n) is 6.06. The third-order valence-corrected chi connectivity index (χ3v) is 4.36. The van der Waals surface area contributed by atoms with Crippen LogP contribution < -0.4 is 5.32 Å². The molecule has 0 spiro atoms. The third-order valence-electron chi connectivity index (χ3n) is 4.36. The summed E-state index contributed by atoms with van der Waals surface area (Å²) in [7, 11) is 0. The molecule has 1 N–H and O–H groups in total. The quantitative estimate of drug-likeness (QED) is 0.880. The van der Waals surface area contributed by atoms with Crippen LogP contribution in [0.3, 0.4) is 0 Å². The zero-order chi connectivity index (χ0) is 16.0. The first-order valence-corrected chi connectivity index (χ1v) is 7.82. The van der Waals surface area contributed by atoms with Crippen molar-refractivity contribution in [2.45, 2.75) is 25.3 Å². The highest BCUT2D eigenvalue weighted by Gasteiger charge is 2.33. The number of hydrogen-bond donors (Lipinski definition) is 1. The molecular weight excluding hydrogens is 292 g/mol. The van der Waals surface area contributed by atoms with E-state index in [0.717, 1.165) is 18.2 Å². The minimum absolute atomic E-state index is 0.106. The molecule has 23 heavy (non-hydrogen) atoms. The van der Waals surface area contributed by atoms with E-state index in [1.807, 2.05) is 24.3 Å². The Morgan fingerprint density at radius 3 is 2.22 bits per heavy atom. The Morgan fingerprint density at radius 1 is 1.04 bits per heavy atom. The highest BCUT2D eigenvalue weighted by molar-refractivity contribution is 6.25. The molecule has 0 saturated heterocycles. The number of benzene rings is 2. The summed E-state index contributed by atoms with van der Waals surface area (Å²) >= 11 is 0. The summed E-state index contributed by atoms with van der Waals surface area (Å²) in [6.07, 6.45) is 2.18. The molecule has 4 rings (SSSR count). The smallest absolute Gasteiger partial charge is 0.261 e. The lowest BCUT2D eigenvalue weighted by atomic mass is 9.94. The predicted molar refractivity (Wildman–Crippen MR) is 85.1 cm³/mol. The number of hydrogen-bond acceptors (Lipinski definition) is 3. The van der Waals surface area contributed by atoms with Crippen molar-refractivity contribution in [2.24, 2.45) is 0 Å². The lowest BCUT2D eigenvalue weighted by molar-refractivity contribution is -0.121. The van der Waals surface area contributed by atoms with Crippen LogP contribution in [0, 0.1) is 0 Å². The fraction of sp³-hybridized carbons (Fsp3) is 0.278. The van der Waals surface area contributed by atoms with Gasteiger partial charge in [0.2, 0.25) is 5.91 Å². The van der Waals surface area contributed by atoms with Crippen molar-refractivity contribution in [3.8, 4) is 0 Å². The maximum atomic E-state index is 12.6. The van der Waals surface area contributed by atoms with Crippen molar-refractivity contribution in [1.29, 1.82) is 0 Å². The van der Waals surface area contributed by atoms with Crippen molar-refractivity contribution < 1.29 is 14.4 Å². The predicted octanol–water partition coefficient (Wildman–Crippen LogP) is 2.10. The van der Waals surface area contributed by atoms with Gasteiger partial charge in [-0.25, -0.2) is 0 Å². The van der Waals surface area contributed by atoms with Gasteiger partial charge in [-0.15, -0.1) is 0 Å². The van der Waals surface area contributed by atoms with Crippen molar-refractivity contribution >= 4 is 28.5 Å². The molecule has 0 aromatic heterocycles. The van der Waals surface area contributed by atoms with Crippen LogP contribution >= 0.6 is 0 Å². The molecule has 0 radical (unpaired) electrons. The van der Waals surface area contributed by atoms with Crippen molar-refractivity contribution in [3.05, 3.63) is 47.5 Å². The largest absolute Gasteiger partial charge is 0.353 e. The molecule has 1 heterocycles. The molecular formula is C18H16N2O3. The normalized spacial score (nSPS) is 16.8. The molecule has 1 aliphatic heterocycles. The zero-order valence-corrected chi connectivity index (χ0v) is 12.5. The van der Waals surface area contributed by atoms with Crippen LogP contribution in [-0.4, -0.2) is 35.2 Å². The Balaban J connectivity index is 1.62. The van der Waals surface area contributed by atoms with E-state index in [4.69, 9.17) is 0 Å². The molecule has 1 aliphatic carbocycles. The van der Waals surface area contributed by atoms with Gasteiger partial charge < -0.3 is 5.32 Å². The Bertz CT molecular complexity index is 789. The zero-order valence-electron chi connectivity index (χ0n) is 12.5. The Morgan fingerprint density at radius 2 is 1.65 bits per heavy atom. The van der Waals surface area contributed by atoms with E-state index in [1.54, 1.807) is 12.1 Å². The first kappa shape index (κ1) is 13.9. The van der Waals surface area contributed by atoms with E-state index in [0.29, 0.717) is 16.5 Å². The first-order valence-electron chi connectivity index (χ1n) is 7.82. The fourth-order valence-electron chi connectivity index (χ4n) is 3.02. The van der Waals surface area contributed by atoms with Crippen LogP contribution in [0.15, 0.2) is 36.4 Å². The maximum absolute atomic E-state index is 12.6. The van der Waals surface area contributed by atoms with E-state index < -0.39 is 0 Å². The van der Waals surface area contributed by atoms with Crippen molar-refractivity contribution in [3.63, 3.8) is 0 Å². The number of amides is 3. The van der Waals surface area contributed by atoms with Gasteiger partial charge in [-0.1, -0.05) is 24.3 Å². The van der Waals surface area contributed by atoms with E-state index in [1.165, 1.54) is 4.90 Å². The van der Waals surface area contributed by atoms with Gasteiger partial charge in [-0.05, 0) is 30.4 Å². The second kappa shape index (κ2) is 5.19. The van der Waals surface area contributed by atoms with Crippen LogP contribution in [0.25, 0.3) is 10.8 Å². The molecule has 1 saturated carbocycles. The first-order chi connectivity index (χ1) is 11.1. The average molecular weight is 308 g/mol. The molecule has 2 aromatic rings. The SMILES string of the molecule is O=C(CCN1C(=O)c2cccc3cccc(c23)C1=O)NC1CC1. The van der Waals surface area contributed by atoms with E-state index in [9.17, 15) is 14.4 Å². The fourth-order valence-corrected chi connectivity index (χ4v) is 3.02. The third kappa shape index (κ3) is 2.38. The number of nitrogens with zero attached hydrogens (tertiary/aromatic N) is 1. The molecule has 5 nitrogen and oxygen atoms in total. The van der Waals surface area contributed by atoms with Gasteiger partial charge in [0.25, 0.3) is 11.8 Å². The molecule has 0 unspecified atom stereocenters. The molecule has 3 amide bonds. The minimum Gasteiger partial charge on any atom is -0.353 e. The maximum Gasteiger partial charge on any atom is 0.261 e. The summed E-state index contributed by atoms with van der Waals surface area (Å²) in [6, 6.07) is 11.2. The molecule has 2 aromatic carbocycles. The lowest BCUT2D eigenvalue weighted by Gasteiger charge is -2.27. The van der Waals surface area contributed by atoms with Crippen LogP contribution in [0.2, 0.25) is 0 Å². The number of carbonyl (C=O) groups excluding carboxylic acids is 3. The molecule has 116 valence electrons. The summed E-state index contributed by atoms with van der Waals surface area (Å²) in [5, 5.41) is 4.47. The Labute approximate surface area is 133 Å². The van der Waals surface area contributed by atoms with Crippen molar-refractivity contribution in [1.82, 2.24) is 10.2 Å². The second-order valence-corrected chi connectivity index (χ2v) is 6.06. The van der Waals surface area contributed by atoms with Crippen LogP contribution in [0.5, 0.6) is 0 Å². The summed E-state index contributed by atoms with van der Waals surface area (Å²) in [6.45, 7) is 0.112. The number of nitrogens with one attached hydrogen (secondary N) is 1. The van der Waals surface area contributed by atoms with Crippen LogP contribution in [0.1, 0.15) is 40.0 Å². The monoisotopic (exact) mass is 308 g/mol. The van der Waals surface area contributed by atoms with Gasteiger partial charge in [0.15, 0.2) is 0 Å². The molecule has 0 atom stereocenters. The average Bonchev–Trinajstić information content (AvgIpc) is 3.36. The lowest BCUT2D eigenvalue weighted by Crippen LogP contribution is -2.42. The van der Waals surface area contributed by atoms with E-state index in [2.05, 4.69) is 5.32 Å². The summed E-state index contributed by atoms with van der Waals surface area (Å²) < 4.78 is 0. The van der Waals surface area contributed by atoms with Crippen LogP contribution in [0.4, 0.5) is 0 Å². The van der Waals surface area contributed by atoms with E-state index >= 15 is 0 Å². The van der Waals surface area contributed by atoms with Crippen molar-refractivity contribution in [2.75, 3.05) is 6.54 Å². The van der Waals surface area contributed by atoms with Gasteiger partial charge >= 0.3 is 0 Å².